The second-order valence-corrected chi connectivity index (χ2v) is 8.47. The molecule has 1 heterocycles. The fourth-order valence-electron chi connectivity index (χ4n) is 3.03. The number of hydrogen-bond donors (Lipinski definition) is 0. The lowest BCUT2D eigenvalue weighted by Gasteiger charge is -2.22. The molecule has 24 heavy (non-hydrogen) atoms. The molecule has 0 amide bonds. The molecule has 6 heteroatoms. The summed E-state index contributed by atoms with van der Waals surface area (Å²) in [5, 5.41) is 8.54. The molecule has 0 saturated carbocycles. The van der Waals surface area contributed by atoms with E-state index in [2.05, 4.69) is 36.1 Å². The third-order valence-corrected chi connectivity index (χ3v) is 6.49. The molecule has 1 aromatic carbocycles. The Labute approximate surface area is 145 Å². The van der Waals surface area contributed by atoms with Crippen LogP contribution >= 0.6 is 0 Å². The zero-order valence-corrected chi connectivity index (χ0v) is 15.3. The first kappa shape index (κ1) is 18.9. The van der Waals surface area contributed by atoms with Gasteiger partial charge in [0.1, 0.15) is 0 Å². The Morgan fingerprint density at radius 3 is 2.67 bits per heavy atom. The van der Waals surface area contributed by atoms with Gasteiger partial charge in [-0.2, -0.15) is 5.26 Å². The third-order valence-electron chi connectivity index (χ3n) is 4.54. The van der Waals surface area contributed by atoms with Crippen molar-refractivity contribution in [3.8, 4) is 6.07 Å². The van der Waals surface area contributed by atoms with Gasteiger partial charge in [-0.3, -0.25) is 4.90 Å². The molecule has 0 radical (unpaired) electrons. The van der Waals surface area contributed by atoms with E-state index >= 15 is 0 Å². The smallest absolute Gasteiger partial charge is 0.214 e. The Balaban J connectivity index is 1.88. The molecular weight excluding hydrogens is 322 g/mol. The zero-order valence-electron chi connectivity index (χ0n) is 14.4. The summed E-state index contributed by atoms with van der Waals surface area (Å²) in [6, 6.07) is 10.4. The van der Waals surface area contributed by atoms with Crippen LogP contribution in [0.25, 0.3) is 0 Å². The predicted octanol–water partition coefficient (Wildman–Crippen LogP) is 2.53. The number of nitrogens with zero attached hydrogens (tertiary/aromatic N) is 3. The normalized spacial score (nSPS) is 17.3. The number of aryl methyl sites for hydroxylation is 1. The molecular formula is C18H27N3O2S. The summed E-state index contributed by atoms with van der Waals surface area (Å²) in [6.45, 7) is 5.85. The predicted molar refractivity (Wildman–Crippen MR) is 95.9 cm³/mol. The zero-order chi connectivity index (χ0) is 17.4. The van der Waals surface area contributed by atoms with E-state index in [1.54, 1.807) is 4.31 Å². The van der Waals surface area contributed by atoms with Crippen LogP contribution in [0.5, 0.6) is 0 Å². The molecule has 0 unspecified atom stereocenters. The molecule has 5 nitrogen and oxygen atoms in total. The van der Waals surface area contributed by atoms with Gasteiger partial charge in [-0.15, -0.1) is 0 Å². The number of rotatable bonds is 7. The first-order valence-corrected chi connectivity index (χ1v) is 10.3. The minimum atomic E-state index is -3.19. The topological polar surface area (TPSA) is 64.4 Å². The van der Waals surface area contributed by atoms with Crippen molar-refractivity contribution >= 4 is 10.0 Å². The van der Waals surface area contributed by atoms with Gasteiger partial charge in [0.2, 0.25) is 10.0 Å². The van der Waals surface area contributed by atoms with Gasteiger partial charge < -0.3 is 0 Å². The minimum absolute atomic E-state index is 0.159. The molecule has 0 aromatic heterocycles. The Kier molecular flexibility index (Phi) is 7.22. The lowest BCUT2D eigenvalue weighted by molar-refractivity contribution is 0.278. The summed E-state index contributed by atoms with van der Waals surface area (Å²) in [7, 11) is -3.19. The molecule has 132 valence electrons. The monoisotopic (exact) mass is 349 g/mol. The van der Waals surface area contributed by atoms with Gasteiger partial charge in [0.25, 0.3) is 0 Å². The van der Waals surface area contributed by atoms with Crippen molar-refractivity contribution in [2.24, 2.45) is 0 Å². The summed E-state index contributed by atoms with van der Waals surface area (Å²) >= 11 is 0. The van der Waals surface area contributed by atoms with Gasteiger partial charge in [0, 0.05) is 32.6 Å². The van der Waals surface area contributed by atoms with Crippen molar-refractivity contribution in [2.75, 3.05) is 31.9 Å². The standard InChI is InChI=1S/C18H27N3O2S/c1-17-8-3-4-9-18(17)16-20-11-7-12-21(14-13-20)24(22,23)15-6-2-5-10-19/h3-4,8-9H,2,5-7,11-16H2,1H3. The second-order valence-electron chi connectivity index (χ2n) is 6.39. The highest BCUT2D eigenvalue weighted by Gasteiger charge is 2.24. The van der Waals surface area contributed by atoms with Gasteiger partial charge in [0.05, 0.1) is 11.8 Å². The summed E-state index contributed by atoms with van der Waals surface area (Å²) < 4.78 is 26.5. The van der Waals surface area contributed by atoms with Crippen molar-refractivity contribution in [3.05, 3.63) is 35.4 Å². The van der Waals surface area contributed by atoms with Crippen molar-refractivity contribution in [1.29, 1.82) is 5.26 Å². The van der Waals surface area contributed by atoms with E-state index in [1.165, 1.54) is 11.1 Å². The average molecular weight is 350 g/mol. The molecule has 1 aliphatic rings. The average Bonchev–Trinajstić information content (AvgIpc) is 2.80. The highest BCUT2D eigenvalue weighted by Crippen LogP contribution is 2.15. The van der Waals surface area contributed by atoms with E-state index in [0.29, 0.717) is 32.4 Å². The minimum Gasteiger partial charge on any atom is -0.298 e. The van der Waals surface area contributed by atoms with Crippen LogP contribution in [-0.2, 0) is 16.6 Å². The lowest BCUT2D eigenvalue weighted by atomic mass is 10.1. The molecule has 0 atom stereocenters. The molecule has 0 N–H and O–H groups in total. The van der Waals surface area contributed by atoms with Crippen LogP contribution in [-0.4, -0.2) is 49.6 Å². The van der Waals surface area contributed by atoms with Gasteiger partial charge in [-0.25, -0.2) is 12.7 Å². The molecule has 0 spiro atoms. The SMILES string of the molecule is Cc1ccccc1CN1CCCN(S(=O)(=O)CCCCC#N)CC1. The number of benzene rings is 1. The molecule has 1 aromatic rings. The van der Waals surface area contributed by atoms with Gasteiger partial charge in [-0.1, -0.05) is 24.3 Å². The Morgan fingerprint density at radius 2 is 1.92 bits per heavy atom. The van der Waals surface area contributed by atoms with E-state index in [9.17, 15) is 8.42 Å². The highest BCUT2D eigenvalue weighted by molar-refractivity contribution is 7.89. The number of unbranched alkanes of at least 4 members (excludes halogenated alkanes) is 2. The molecule has 2 rings (SSSR count). The van der Waals surface area contributed by atoms with Crippen molar-refractivity contribution < 1.29 is 8.42 Å². The van der Waals surface area contributed by atoms with E-state index in [0.717, 1.165) is 26.1 Å². The third kappa shape index (κ3) is 5.59. The van der Waals surface area contributed by atoms with Crippen molar-refractivity contribution in [3.63, 3.8) is 0 Å². The maximum absolute atomic E-state index is 12.4. The summed E-state index contributed by atoms with van der Waals surface area (Å²) in [5.41, 5.74) is 2.59. The van der Waals surface area contributed by atoms with Crippen LogP contribution in [0.2, 0.25) is 0 Å². The molecule has 0 bridgehead atoms. The number of sulfonamides is 1. The van der Waals surface area contributed by atoms with Crippen LogP contribution in [0.4, 0.5) is 0 Å². The van der Waals surface area contributed by atoms with Crippen molar-refractivity contribution in [2.45, 2.75) is 39.2 Å². The molecule has 0 aliphatic carbocycles. The largest absolute Gasteiger partial charge is 0.298 e. The van der Waals surface area contributed by atoms with Crippen LogP contribution in [0.15, 0.2) is 24.3 Å². The molecule has 1 aliphatic heterocycles. The fraction of sp³-hybridized carbons (Fsp3) is 0.611. The number of nitriles is 1. The quantitative estimate of drug-likeness (QED) is 0.710. The van der Waals surface area contributed by atoms with Crippen LogP contribution < -0.4 is 0 Å². The number of hydrogen-bond acceptors (Lipinski definition) is 4. The maximum atomic E-state index is 12.4. The molecule has 1 saturated heterocycles. The van der Waals surface area contributed by atoms with E-state index in [4.69, 9.17) is 5.26 Å². The Morgan fingerprint density at radius 1 is 1.12 bits per heavy atom. The summed E-state index contributed by atoms with van der Waals surface area (Å²) in [4.78, 5) is 2.34. The lowest BCUT2D eigenvalue weighted by Crippen LogP contribution is -2.36. The molecule has 1 fully saturated rings. The van der Waals surface area contributed by atoms with Gasteiger partial charge in [0.15, 0.2) is 0 Å². The van der Waals surface area contributed by atoms with E-state index in [-0.39, 0.29) is 5.75 Å². The van der Waals surface area contributed by atoms with E-state index in [1.807, 2.05) is 6.07 Å². The van der Waals surface area contributed by atoms with Crippen LogP contribution in [0.1, 0.15) is 36.8 Å². The highest BCUT2D eigenvalue weighted by atomic mass is 32.2. The summed E-state index contributed by atoms with van der Waals surface area (Å²) in [5.74, 6) is 0.159. The Hall–Kier alpha value is -1.42. The second kappa shape index (κ2) is 9.16. The van der Waals surface area contributed by atoms with Crippen LogP contribution in [0.3, 0.4) is 0 Å². The Bertz CT molecular complexity index is 667. The van der Waals surface area contributed by atoms with Gasteiger partial charge in [-0.05, 0) is 43.9 Å². The fourth-order valence-corrected chi connectivity index (χ4v) is 4.62. The van der Waals surface area contributed by atoms with E-state index < -0.39 is 10.0 Å². The van der Waals surface area contributed by atoms with Crippen molar-refractivity contribution in [1.82, 2.24) is 9.21 Å². The van der Waals surface area contributed by atoms with Gasteiger partial charge >= 0.3 is 0 Å². The summed E-state index contributed by atoms with van der Waals surface area (Å²) in [6.07, 6.45) is 2.52. The van der Waals surface area contributed by atoms with Crippen LogP contribution in [0, 0.1) is 18.3 Å². The first-order chi connectivity index (χ1) is 11.5. The first-order valence-electron chi connectivity index (χ1n) is 8.64. The maximum Gasteiger partial charge on any atom is 0.214 e.